The van der Waals surface area contributed by atoms with Gasteiger partial charge in [-0.1, -0.05) is 13.8 Å². The summed E-state index contributed by atoms with van der Waals surface area (Å²) in [7, 11) is 2.03. The Bertz CT molecular complexity index is 165. The van der Waals surface area contributed by atoms with E-state index in [0.717, 1.165) is 6.42 Å². The van der Waals surface area contributed by atoms with Crippen molar-refractivity contribution in [2.75, 3.05) is 7.05 Å². The minimum absolute atomic E-state index is 0.0498. The third-order valence-electron chi connectivity index (χ3n) is 2.71. The number of carbonyl (C=O) groups is 1. The number of likely N-dealkylation sites (N-methyl/N-ethyl adjacent to an activating group) is 1. The lowest BCUT2D eigenvalue weighted by molar-refractivity contribution is -0.121. The summed E-state index contributed by atoms with van der Waals surface area (Å²) in [6.45, 7) is 10.2. The topological polar surface area (TPSA) is 20.3 Å². The average molecular weight is 185 g/mol. The summed E-state index contributed by atoms with van der Waals surface area (Å²) in [4.78, 5) is 13.3. The van der Waals surface area contributed by atoms with Crippen LogP contribution in [0, 0.1) is 5.92 Å². The highest BCUT2D eigenvalue weighted by Crippen LogP contribution is 2.12. The summed E-state index contributed by atoms with van der Waals surface area (Å²) in [6, 6.07) is 0.535. The Hall–Kier alpha value is -0.370. The Kier molecular flexibility index (Phi) is 5.23. The second-order valence-corrected chi connectivity index (χ2v) is 4.43. The molecule has 0 bridgehead atoms. The average Bonchev–Trinajstić information content (AvgIpc) is 2.00. The van der Waals surface area contributed by atoms with Gasteiger partial charge < -0.3 is 0 Å². The van der Waals surface area contributed by atoms with Crippen molar-refractivity contribution in [3.05, 3.63) is 0 Å². The van der Waals surface area contributed by atoms with Crippen LogP contribution in [0.1, 0.15) is 41.0 Å². The molecule has 0 radical (unpaired) electrons. The van der Waals surface area contributed by atoms with E-state index in [9.17, 15) is 4.79 Å². The molecule has 0 rings (SSSR count). The van der Waals surface area contributed by atoms with Crippen LogP contribution >= 0.6 is 0 Å². The molecular weight excluding hydrogens is 162 g/mol. The molecule has 0 spiro atoms. The normalized spacial score (nSPS) is 16.3. The number of hydrogen-bond acceptors (Lipinski definition) is 2. The molecule has 0 aromatic heterocycles. The van der Waals surface area contributed by atoms with Crippen molar-refractivity contribution >= 4 is 5.78 Å². The Morgan fingerprint density at radius 1 is 1.23 bits per heavy atom. The number of Topliss-reactive ketones (excluding diaryl/α,β-unsaturated/α-hetero) is 1. The van der Waals surface area contributed by atoms with Crippen LogP contribution in [-0.2, 0) is 4.79 Å². The Labute approximate surface area is 82.3 Å². The first-order valence-electron chi connectivity index (χ1n) is 5.08. The molecule has 13 heavy (non-hydrogen) atoms. The first-order valence-corrected chi connectivity index (χ1v) is 5.08. The molecule has 0 saturated heterocycles. The van der Waals surface area contributed by atoms with E-state index in [1.807, 2.05) is 14.0 Å². The Morgan fingerprint density at radius 3 is 2.00 bits per heavy atom. The number of rotatable bonds is 5. The molecule has 0 fully saturated rings. The van der Waals surface area contributed by atoms with Gasteiger partial charge in [-0.05, 0) is 40.2 Å². The van der Waals surface area contributed by atoms with Crippen molar-refractivity contribution in [3.8, 4) is 0 Å². The van der Waals surface area contributed by atoms with Crippen molar-refractivity contribution in [1.29, 1.82) is 0 Å². The summed E-state index contributed by atoms with van der Waals surface area (Å²) >= 11 is 0. The van der Waals surface area contributed by atoms with E-state index in [4.69, 9.17) is 0 Å². The summed E-state index contributed by atoms with van der Waals surface area (Å²) < 4.78 is 0. The SMILES string of the molecule is CC(=O)C(C)N(C)C(C)CC(C)C. The van der Waals surface area contributed by atoms with Crippen LogP contribution < -0.4 is 0 Å². The van der Waals surface area contributed by atoms with E-state index in [2.05, 4.69) is 25.7 Å². The smallest absolute Gasteiger partial charge is 0.146 e. The van der Waals surface area contributed by atoms with Gasteiger partial charge in [-0.3, -0.25) is 9.69 Å². The molecule has 0 heterocycles. The number of nitrogens with zero attached hydrogens (tertiary/aromatic N) is 1. The fourth-order valence-corrected chi connectivity index (χ4v) is 1.52. The predicted octanol–water partition coefficient (Wildman–Crippen LogP) is 2.33. The number of hydrogen-bond donors (Lipinski definition) is 0. The zero-order chi connectivity index (χ0) is 10.6. The zero-order valence-electron chi connectivity index (χ0n) is 9.79. The summed E-state index contributed by atoms with van der Waals surface area (Å²) in [5.74, 6) is 0.940. The molecule has 0 aromatic carbocycles. The standard InChI is InChI=1S/C11H23NO/c1-8(2)7-9(3)12(6)10(4)11(5)13/h8-10H,7H2,1-6H3. The Morgan fingerprint density at radius 2 is 1.69 bits per heavy atom. The predicted molar refractivity (Wildman–Crippen MR) is 56.8 cm³/mol. The molecule has 0 aliphatic rings. The number of carbonyl (C=O) groups excluding carboxylic acids is 1. The minimum Gasteiger partial charge on any atom is -0.298 e. The lowest BCUT2D eigenvalue weighted by Crippen LogP contribution is -2.41. The lowest BCUT2D eigenvalue weighted by atomic mass is 10.0. The van der Waals surface area contributed by atoms with Crippen LogP contribution in [0.4, 0.5) is 0 Å². The number of ketones is 1. The van der Waals surface area contributed by atoms with Crippen LogP contribution in [0.15, 0.2) is 0 Å². The van der Waals surface area contributed by atoms with E-state index in [1.54, 1.807) is 6.92 Å². The second-order valence-electron chi connectivity index (χ2n) is 4.43. The first-order chi connectivity index (χ1) is 5.86. The van der Waals surface area contributed by atoms with Gasteiger partial charge in [0.1, 0.15) is 5.78 Å². The maximum atomic E-state index is 11.1. The van der Waals surface area contributed by atoms with Gasteiger partial charge in [-0.2, -0.15) is 0 Å². The second kappa shape index (κ2) is 5.38. The van der Waals surface area contributed by atoms with Gasteiger partial charge in [0, 0.05) is 6.04 Å². The van der Waals surface area contributed by atoms with Crippen LogP contribution in [0.2, 0.25) is 0 Å². The third-order valence-corrected chi connectivity index (χ3v) is 2.71. The van der Waals surface area contributed by atoms with Crippen molar-refractivity contribution in [2.45, 2.75) is 53.1 Å². The molecule has 2 unspecified atom stereocenters. The highest BCUT2D eigenvalue weighted by molar-refractivity contribution is 5.80. The largest absolute Gasteiger partial charge is 0.298 e. The summed E-state index contributed by atoms with van der Waals surface area (Å²) in [5, 5.41) is 0. The van der Waals surface area contributed by atoms with E-state index in [0.29, 0.717) is 12.0 Å². The van der Waals surface area contributed by atoms with Gasteiger partial charge >= 0.3 is 0 Å². The first kappa shape index (κ1) is 12.6. The van der Waals surface area contributed by atoms with E-state index < -0.39 is 0 Å². The lowest BCUT2D eigenvalue weighted by Gasteiger charge is -2.30. The van der Waals surface area contributed by atoms with E-state index in [-0.39, 0.29) is 11.8 Å². The zero-order valence-corrected chi connectivity index (χ0v) is 9.79. The molecule has 0 saturated carbocycles. The molecule has 0 aliphatic heterocycles. The summed E-state index contributed by atoms with van der Waals surface area (Å²) in [5.41, 5.74) is 0. The van der Waals surface area contributed by atoms with Gasteiger partial charge in [0.05, 0.1) is 6.04 Å². The molecule has 78 valence electrons. The molecule has 0 amide bonds. The van der Waals surface area contributed by atoms with Gasteiger partial charge in [0.15, 0.2) is 0 Å². The van der Waals surface area contributed by atoms with Crippen LogP contribution in [0.5, 0.6) is 0 Å². The molecule has 0 aromatic rings. The van der Waals surface area contributed by atoms with Gasteiger partial charge in [0.2, 0.25) is 0 Å². The molecular formula is C11H23NO. The van der Waals surface area contributed by atoms with Gasteiger partial charge in [-0.25, -0.2) is 0 Å². The fourth-order valence-electron chi connectivity index (χ4n) is 1.52. The maximum Gasteiger partial charge on any atom is 0.146 e. The minimum atomic E-state index is 0.0498. The fraction of sp³-hybridized carbons (Fsp3) is 0.909. The van der Waals surface area contributed by atoms with Gasteiger partial charge in [0.25, 0.3) is 0 Å². The highest BCUT2D eigenvalue weighted by atomic mass is 16.1. The summed E-state index contributed by atoms with van der Waals surface area (Å²) in [6.07, 6.45) is 1.15. The van der Waals surface area contributed by atoms with Crippen LogP contribution in [-0.4, -0.2) is 29.8 Å². The van der Waals surface area contributed by atoms with E-state index >= 15 is 0 Å². The van der Waals surface area contributed by atoms with Crippen molar-refractivity contribution in [1.82, 2.24) is 4.90 Å². The molecule has 0 N–H and O–H groups in total. The third kappa shape index (κ3) is 4.41. The van der Waals surface area contributed by atoms with Crippen molar-refractivity contribution in [2.24, 2.45) is 5.92 Å². The molecule has 0 aliphatic carbocycles. The Balaban J connectivity index is 4.08. The van der Waals surface area contributed by atoms with Crippen LogP contribution in [0.25, 0.3) is 0 Å². The van der Waals surface area contributed by atoms with Crippen molar-refractivity contribution in [3.63, 3.8) is 0 Å². The quantitative estimate of drug-likeness (QED) is 0.655. The monoisotopic (exact) mass is 185 g/mol. The molecule has 2 heteroatoms. The molecule has 2 atom stereocenters. The van der Waals surface area contributed by atoms with Crippen molar-refractivity contribution < 1.29 is 4.79 Å². The maximum absolute atomic E-state index is 11.1. The van der Waals surface area contributed by atoms with Gasteiger partial charge in [-0.15, -0.1) is 0 Å². The highest BCUT2D eigenvalue weighted by Gasteiger charge is 2.19. The van der Waals surface area contributed by atoms with E-state index in [1.165, 1.54) is 0 Å². The molecule has 2 nitrogen and oxygen atoms in total. The van der Waals surface area contributed by atoms with Crippen LogP contribution in [0.3, 0.4) is 0 Å².